The fraction of sp³-hybridized carbons (Fsp3) is 0.150. The number of pyridine rings is 1. The van der Waals surface area contributed by atoms with Gasteiger partial charge in [-0.15, -0.1) is 26.3 Å². The summed E-state index contributed by atoms with van der Waals surface area (Å²) in [5.74, 6) is -3.07. The maximum atomic E-state index is 13.5. The van der Waals surface area contributed by atoms with Crippen LogP contribution >= 0.6 is 0 Å². The topological polar surface area (TPSA) is 51.6 Å². The lowest BCUT2D eigenvalue weighted by molar-refractivity contribution is -0.275. The number of halogens is 9. The van der Waals surface area contributed by atoms with Crippen molar-refractivity contribution in [2.24, 2.45) is 0 Å². The summed E-state index contributed by atoms with van der Waals surface area (Å²) in [6.45, 7) is 0. The molecule has 0 fully saturated rings. The summed E-state index contributed by atoms with van der Waals surface area (Å²) in [7, 11) is 0. The van der Waals surface area contributed by atoms with Gasteiger partial charge in [0, 0.05) is 16.7 Å². The van der Waals surface area contributed by atoms with Crippen LogP contribution in [-0.2, 0) is 6.18 Å². The van der Waals surface area contributed by atoms with Crippen LogP contribution in [0.25, 0.3) is 22.4 Å². The molecule has 2 aromatic carbocycles. The number of hydrogen-bond acceptors (Lipinski definition) is 4. The highest BCUT2D eigenvalue weighted by Gasteiger charge is 2.37. The predicted molar refractivity (Wildman–Crippen MR) is 95.1 cm³/mol. The second-order valence-corrected chi connectivity index (χ2v) is 6.34. The first kappa shape index (κ1) is 24.0. The number of benzene rings is 2. The largest absolute Gasteiger partial charge is 0.573 e. The Kier molecular flexibility index (Phi) is 6.09. The summed E-state index contributed by atoms with van der Waals surface area (Å²) < 4.78 is 125. The lowest BCUT2D eigenvalue weighted by Gasteiger charge is -2.19. The number of alkyl halides is 9. The predicted octanol–water partition coefficient (Wildman–Crippen LogP) is 6.94. The molecule has 0 aliphatic rings. The highest BCUT2D eigenvalue weighted by atomic mass is 19.4. The maximum Gasteiger partial charge on any atom is 0.573 e. The molecular formula is C20H10F9NO3. The second-order valence-electron chi connectivity index (χ2n) is 6.34. The van der Waals surface area contributed by atoms with Gasteiger partial charge in [-0.25, -0.2) is 4.98 Å². The van der Waals surface area contributed by atoms with Gasteiger partial charge in [0.25, 0.3) is 0 Å². The van der Waals surface area contributed by atoms with E-state index in [-0.39, 0.29) is 6.07 Å². The summed E-state index contributed by atoms with van der Waals surface area (Å²) >= 11 is 0. The van der Waals surface area contributed by atoms with Crippen LogP contribution in [0.5, 0.6) is 17.2 Å². The van der Waals surface area contributed by atoms with E-state index in [1.807, 2.05) is 0 Å². The molecule has 4 nitrogen and oxygen atoms in total. The third-order valence-electron chi connectivity index (χ3n) is 4.05. The van der Waals surface area contributed by atoms with Crippen molar-refractivity contribution < 1.29 is 54.1 Å². The Balaban J connectivity index is 2.31. The molecule has 1 aromatic heterocycles. The molecule has 176 valence electrons. The van der Waals surface area contributed by atoms with Gasteiger partial charge in [0.15, 0.2) is 0 Å². The van der Waals surface area contributed by atoms with Crippen LogP contribution in [-0.4, -0.2) is 22.8 Å². The van der Waals surface area contributed by atoms with Crippen molar-refractivity contribution in [3.05, 3.63) is 60.3 Å². The Hall–Kier alpha value is -3.64. The zero-order chi connectivity index (χ0) is 24.6. The van der Waals surface area contributed by atoms with E-state index in [9.17, 15) is 44.6 Å². The van der Waals surface area contributed by atoms with Crippen molar-refractivity contribution in [3.63, 3.8) is 0 Å². The first-order valence-corrected chi connectivity index (χ1v) is 8.67. The molecular weight excluding hydrogens is 473 g/mol. The van der Waals surface area contributed by atoms with Gasteiger partial charge in [-0.05, 0) is 24.3 Å². The fourth-order valence-corrected chi connectivity index (χ4v) is 2.86. The molecule has 0 aliphatic carbocycles. The van der Waals surface area contributed by atoms with Crippen LogP contribution < -0.4 is 9.47 Å². The first-order chi connectivity index (χ1) is 15.2. The van der Waals surface area contributed by atoms with Gasteiger partial charge in [-0.3, -0.25) is 0 Å². The minimum Gasteiger partial charge on any atom is -0.505 e. The van der Waals surface area contributed by atoms with Gasteiger partial charge in [-0.2, -0.15) is 13.2 Å². The summed E-state index contributed by atoms with van der Waals surface area (Å²) in [4.78, 5) is 3.21. The SMILES string of the molecule is Oc1c(-c2ccccc2OC(F)(F)F)cc(C(F)(F)F)nc1-c1ccccc1OC(F)(F)F. The van der Waals surface area contributed by atoms with Crippen LogP contribution in [0.2, 0.25) is 0 Å². The van der Waals surface area contributed by atoms with E-state index >= 15 is 0 Å². The molecule has 1 N–H and O–H groups in total. The van der Waals surface area contributed by atoms with Gasteiger partial charge < -0.3 is 14.6 Å². The van der Waals surface area contributed by atoms with Crippen LogP contribution in [0.4, 0.5) is 39.5 Å². The zero-order valence-corrected chi connectivity index (χ0v) is 15.8. The highest BCUT2D eigenvalue weighted by molar-refractivity contribution is 5.84. The van der Waals surface area contributed by atoms with E-state index in [4.69, 9.17) is 0 Å². The monoisotopic (exact) mass is 483 g/mol. The number of aromatic nitrogens is 1. The van der Waals surface area contributed by atoms with Crippen molar-refractivity contribution >= 4 is 0 Å². The average molecular weight is 483 g/mol. The average Bonchev–Trinajstić information content (AvgIpc) is 2.66. The van der Waals surface area contributed by atoms with Gasteiger partial charge in [0.05, 0.1) is 0 Å². The number of aromatic hydroxyl groups is 1. The Morgan fingerprint density at radius 2 is 1.09 bits per heavy atom. The lowest BCUT2D eigenvalue weighted by Crippen LogP contribution is -2.18. The molecule has 0 aliphatic heterocycles. The lowest BCUT2D eigenvalue weighted by atomic mass is 9.99. The minimum atomic E-state index is -5.23. The molecule has 33 heavy (non-hydrogen) atoms. The van der Waals surface area contributed by atoms with Crippen molar-refractivity contribution in [2.45, 2.75) is 18.9 Å². The third-order valence-corrected chi connectivity index (χ3v) is 4.05. The molecule has 0 atom stereocenters. The Bertz CT molecular complexity index is 1070. The van der Waals surface area contributed by atoms with Crippen LogP contribution in [0.1, 0.15) is 5.69 Å². The normalized spacial score (nSPS) is 12.5. The Morgan fingerprint density at radius 1 is 0.636 bits per heavy atom. The van der Waals surface area contributed by atoms with Crippen LogP contribution in [0, 0.1) is 0 Å². The maximum absolute atomic E-state index is 13.5. The van der Waals surface area contributed by atoms with Gasteiger partial charge >= 0.3 is 18.9 Å². The summed E-state index contributed by atoms with van der Waals surface area (Å²) in [5, 5.41) is 10.6. The molecule has 0 spiro atoms. The van der Waals surface area contributed by atoms with Crippen molar-refractivity contribution in [1.82, 2.24) is 4.98 Å². The van der Waals surface area contributed by atoms with E-state index in [1.165, 1.54) is 0 Å². The number of nitrogens with zero attached hydrogens (tertiary/aromatic N) is 1. The standard InChI is InChI=1S/C20H10F9NO3/c21-18(22,23)15-9-12(10-5-1-3-7-13(10)32-19(24,25)26)17(31)16(30-15)11-6-2-4-8-14(11)33-20(27,28)29/h1-9,31H. The summed E-state index contributed by atoms with van der Waals surface area (Å²) in [6, 6.07) is 8.12. The quantitative estimate of drug-likeness (QED) is 0.409. The Labute approximate surface area is 178 Å². The first-order valence-electron chi connectivity index (χ1n) is 8.67. The zero-order valence-electron chi connectivity index (χ0n) is 15.8. The second kappa shape index (κ2) is 8.37. The molecule has 3 aromatic rings. The number of hydrogen-bond donors (Lipinski definition) is 1. The number of rotatable bonds is 4. The van der Waals surface area contributed by atoms with Crippen molar-refractivity contribution in [2.75, 3.05) is 0 Å². The van der Waals surface area contributed by atoms with Gasteiger partial charge in [0.1, 0.15) is 28.6 Å². The van der Waals surface area contributed by atoms with Crippen LogP contribution in [0.3, 0.4) is 0 Å². The summed E-state index contributed by atoms with van der Waals surface area (Å²) in [6.07, 6.45) is -15.6. The molecule has 0 saturated heterocycles. The Morgan fingerprint density at radius 3 is 1.58 bits per heavy atom. The highest BCUT2D eigenvalue weighted by Crippen LogP contribution is 2.46. The van der Waals surface area contributed by atoms with Crippen molar-refractivity contribution in [1.29, 1.82) is 0 Å². The van der Waals surface area contributed by atoms with E-state index in [0.29, 0.717) is 0 Å². The fourth-order valence-electron chi connectivity index (χ4n) is 2.86. The molecule has 0 unspecified atom stereocenters. The molecule has 3 rings (SSSR count). The molecule has 13 heteroatoms. The smallest absolute Gasteiger partial charge is 0.505 e. The van der Waals surface area contributed by atoms with Crippen LogP contribution in [0.15, 0.2) is 54.6 Å². The number of para-hydroxylation sites is 2. The van der Waals surface area contributed by atoms with E-state index in [0.717, 1.165) is 48.5 Å². The van der Waals surface area contributed by atoms with Gasteiger partial charge in [-0.1, -0.05) is 30.3 Å². The summed E-state index contributed by atoms with van der Waals surface area (Å²) in [5.41, 5.74) is -4.80. The van der Waals surface area contributed by atoms with Crippen molar-refractivity contribution in [3.8, 4) is 39.6 Å². The molecule has 0 radical (unpaired) electrons. The molecule has 1 heterocycles. The molecule has 0 saturated carbocycles. The van der Waals surface area contributed by atoms with E-state index < -0.39 is 64.2 Å². The minimum absolute atomic E-state index is 0.255. The molecule has 0 amide bonds. The van der Waals surface area contributed by atoms with Gasteiger partial charge in [0.2, 0.25) is 0 Å². The molecule has 0 bridgehead atoms. The number of ether oxygens (including phenoxy) is 2. The van der Waals surface area contributed by atoms with E-state index in [1.54, 1.807) is 0 Å². The third kappa shape index (κ3) is 5.79. The van der Waals surface area contributed by atoms with E-state index in [2.05, 4.69) is 14.5 Å².